The molecule has 24 heavy (non-hydrogen) atoms. The Morgan fingerprint density at radius 2 is 1.83 bits per heavy atom. The number of rotatable bonds is 5. The van der Waals surface area contributed by atoms with Gasteiger partial charge < -0.3 is 14.7 Å². The molecule has 0 unspecified atom stereocenters. The maximum atomic E-state index is 13.6. The number of carbonyl (C=O) groups is 1. The van der Waals surface area contributed by atoms with Crippen LogP contribution in [0.4, 0.5) is 4.39 Å². The minimum atomic E-state index is -0.720. The standard InChI is InChI=1S/C19H20FNO3/c20-16-9-5-4-6-14(16)10-11-19(23)21-12-17(22)18(13-21)24-15-7-2-1-3-8-15/h1-9,17-18,22H,10-13H2/t17-,18-/m1/s1. The monoisotopic (exact) mass is 329 g/mol. The average molecular weight is 329 g/mol. The van der Waals surface area contributed by atoms with Crippen molar-refractivity contribution in [1.29, 1.82) is 0 Å². The lowest BCUT2D eigenvalue weighted by Gasteiger charge is -2.17. The van der Waals surface area contributed by atoms with Gasteiger partial charge in [-0.15, -0.1) is 0 Å². The van der Waals surface area contributed by atoms with Crippen LogP contribution in [0.1, 0.15) is 12.0 Å². The van der Waals surface area contributed by atoms with E-state index in [-0.39, 0.29) is 24.7 Å². The van der Waals surface area contributed by atoms with Crippen molar-refractivity contribution < 1.29 is 19.0 Å². The van der Waals surface area contributed by atoms with Crippen LogP contribution in [0.3, 0.4) is 0 Å². The molecule has 3 rings (SSSR count). The summed E-state index contributed by atoms with van der Waals surface area (Å²) in [5.74, 6) is 0.274. The first-order valence-corrected chi connectivity index (χ1v) is 8.04. The first-order valence-electron chi connectivity index (χ1n) is 8.04. The molecule has 1 fully saturated rings. The molecule has 1 saturated heterocycles. The number of likely N-dealkylation sites (tertiary alicyclic amines) is 1. The number of ether oxygens (including phenoxy) is 1. The fourth-order valence-corrected chi connectivity index (χ4v) is 2.85. The molecule has 2 aromatic carbocycles. The number of nitrogens with zero attached hydrogens (tertiary/aromatic N) is 1. The fourth-order valence-electron chi connectivity index (χ4n) is 2.85. The number of halogens is 1. The summed E-state index contributed by atoms with van der Waals surface area (Å²) in [5.41, 5.74) is 0.530. The lowest BCUT2D eigenvalue weighted by molar-refractivity contribution is -0.130. The van der Waals surface area contributed by atoms with Crippen molar-refractivity contribution in [2.24, 2.45) is 0 Å². The van der Waals surface area contributed by atoms with Gasteiger partial charge in [0.15, 0.2) is 0 Å². The Kier molecular flexibility index (Phi) is 5.11. The van der Waals surface area contributed by atoms with Crippen LogP contribution >= 0.6 is 0 Å². The summed E-state index contributed by atoms with van der Waals surface area (Å²) >= 11 is 0. The summed E-state index contributed by atoms with van der Waals surface area (Å²) in [5, 5.41) is 10.1. The predicted octanol–water partition coefficient (Wildman–Crippen LogP) is 2.41. The van der Waals surface area contributed by atoms with Gasteiger partial charge >= 0.3 is 0 Å². The van der Waals surface area contributed by atoms with Gasteiger partial charge in [-0.05, 0) is 30.2 Å². The zero-order chi connectivity index (χ0) is 16.9. The first kappa shape index (κ1) is 16.5. The van der Waals surface area contributed by atoms with Gasteiger partial charge in [-0.3, -0.25) is 4.79 Å². The van der Waals surface area contributed by atoms with Gasteiger partial charge in [0.25, 0.3) is 0 Å². The van der Waals surface area contributed by atoms with E-state index in [1.165, 1.54) is 6.07 Å². The van der Waals surface area contributed by atoms with Crippen molar-refractivity contribution >= 4 is 5.91 Å². The molecule has 2 atom stereocenters. The molecule has 1 aliphatic rings. The Labute approximate surface area is 140 Å². The van der Waals surface area contributed by atoms with Gasteiger partial charge in [-0.2, -0.15) is 0 Å². The van der Waals surface area contributed by atoms with E-state index in [1.54, 1.807) is 23.1 Å². The normalized spacial score (nSPS) is 20.2. The molecule has 2 aromatic rings. The highest BCUT2D eigenvalue weighted by Gasteiger charge is 2.35. The fraction of sp³-hybridized carbons (Fsp3) is 0.316. The van der Waals surface area contributed by atoms with Gasteiger partial charge in [0, 0.05) is 6.42 Å². The molecule has 1 aliphatic heterocycles. The molecule has 1 N–H and O–H groups in total. The number of carbonyl (C=O) groups excluding carboxylic acids is 1. The second-order valence-electron chi connectivity index (χ2n) is 5.93. The molecular weight excluding hydrogens is 309 g/mol. The predicted molar refractivity (Wildman–Crippen MR) is 88.2 cm³/mol. The summed E-state index contributed by atoms with van der Waals surface area (Å²) in [4.78, 5) is 13.9. The number of para-hydroxylation sites is 1. The molecule has 126 valence electrons. The van der Waals surface area contributed by atoms with Crippen LogP contribution < -0.4 is 4.74 Å². The van der Waals surface area contributed by atoms with E-state index in [1.807, 2.05) is 30.3 Å². The van der Waals surface area contributed by atoms with Crippen LogP contribution in [0.25, 0.3) is 0 Å². The number of β-amino-alcohol motifs (C(OH)–C–C–N with tert-alkyl or cyclic N) is 1. The summed E-state index contributed by atoms with van der Waals surface area (Å²) in [7, 11) is 0. The number of aliphatic hydroxyl groups is 1. The molecule has 0 aromatic heterocycles. The Morgan fingerprint density at radius 3 is 2.58 bits per heavy atom. The molecule has 4 nitrogen and oxygen atoms in total. The Bertz CT molecular complexity index is 692. The molecule has 0 aliphatic carbocycles. The van der Waals surface area contributed by atoms with E-state index < -0.39 is 12.2 Å². The summed E-state index contributed by atoms with van der Waals surface area (Å²) in [6.45, 7) is 0.583. The molecule has 0 bridgehead atoms. The van der Waals surface area contributed by atoms with Gasteiger partial charge in [-0.1, -0.05) is 36.4 Å². The number of amides is 1. The molecule has 0 saturated carbocycles. The molecule has 5 heteroatoms. The number of aryl methyl sites for hydroxylation is 1. The van der Waals surface area contributed by atoms with E-state index >= 15 is 0 Å². The minimum absolute atomic E-state index is 0.100. The highest BCUT2D eigenvalue weighted by Crippen LogP contribution is 2.20. The van der Waals surface area contributed by atoms with Crippen LogP contribution in [0.2, 0.25) is 0 Å². The Balaban J connectivity index is 1.54. The summed E-state index contributed by atoms with van der Waals surface area (Å²) in [6.07, 6.45) is -0.596. The zero-order valence-corrected chi connectivity index (χ0v) is 13.3. The molecule has 1 heterocycles. The van der Waals surface area contributed by atoms with Gasteiger partial charge in [-0.25, -0.2) is 4.39 Å². The van der Waals surface area contributed by atoms with Crippen molar-refractivity contribution in [2.45, 2.75) is 25.0 Å². The van der Waals surface area contributed by atoms with E-state index in [2.05, 4.69) is 0 Å². The SMILES string of the molecule is O=C(CCc1ccccc1F)N1C[C@@H](O)[C@H](Oc2ccccc2)C1. The Morgan fingerprint density at radius 1 is 1.12 bits per heavy atom. The number of hydrogen-bond donors (Lipinski definition) is 1. The van der Waals surface area contributed by atoms with E-state index in [0.29, 0.717) is 24.3 Å². The number of aliphatic hydroxyl groups excluding tert-OH is 1. The minimum Gasteiger partial charge on any atom is -0.486 e. The van der Waals surface area contributed by atoms with Crippen molar-refractivity contribution in [2.75, 3.05) is 13.1 Å². The summed E-state index contributed by atoms with van der Waals surface area (Å²) in [6, 6.07) is 15.7. The smallest absolute Gasteiger partial charge is 0.223 e. The summed E-state index contributed by atoms with van der Waals surface area (Å²) < 4.78 is 19.3. The van der Waals surface area contributed by atoms with Crippen LogP contribution in [-0.2, 0) is 11.2 Å². The van der Waals surface area contributed by atoms with Gasteiger partial charge in [0.05, 0.1) is 13.1 Å². The third-order valence-corrected chi connectivity index (χ3v) is 4.19. The van der Waals surface area contributed by atoms with Crippen LogP contribution in [-0.4, -0.2) is 41.2 Å². The van der Waals surface area contributed by atoms with Crippen molar-refractivity contribution in [3.63, 3.8) is 0 Å². The molecular formula is C19H20FNO3. The van der Waals surface area contributed by atoms with Crippen molar-refractivity contribution in [3.8, 4) is 5.75 Å². The first-order chi connectivity index (χ1) is 11.6. The molecule has 1 amide bonds. The van der Waals surface area contributed by atoms with Crippen molar-refractivity contribution in [3.05, 3.63) is 66.0 Å². The van der Waals surface area contributed by atoms with Gasteiger partial charge in [0.1, 0.15) is 23.8 Å². The van der Waals surface area contributed by atoms with E-state index in [0.717, 1.165) is 0 Å². The zero-order valence-electron chi connectivity index (χ0n) is 13.3. The highest BCUT2D eigenvalue weighted by molar-refractivity contribution is 5.77. The van der Waals surface area contributed by atoms with Gasteiger partial charge in [0.2, 0.25) is 5.91 Å². The number of hydrogen-bond acceptors (Lipinski definition) is 3. The lowest BCUT2D eigenvalue weighted by Crippen LogP contribution is -2.31. The Hall–Kier alpha value is -2.40. The third-order valence-electron chi connectivity index (χ3n) is 4.19. The van der Waals surface area contributed by atoms with Crippen molar-refractivity contribution in [1.82, 2.24) is 4.90 Å². The van der Waals surface area contributed by atoms with E-state index in [9.17, 15) is 14.3 Å². The number of benzene rings is 2. The molecule has 0 radical (unpaired) electrons. The quantitative estimate of drug-likeness (QED) is 0.916. The second-order valence-corrected chi connectivity index (χ2v) is 5.93. The highest BCUT2D eigenvalue weighted by atomic mass is 19.1. The second kappa shape index (κ2) is 7.45. The average Bonchev–Trinajstić information content (AvgIpc) is 2.96. The van der Waals surface area contributed by atoms with E-state index in [4.69, 9.17) is 4.74 Å². The van der Waals surface area contributed by atoms with Crippen LogP contribution in [0.15, 0.2) is 54.6 Å². The third kappa shape index (κ3) is 3.92. The van der Waals surface area contributed by atoms with Crippen LogP contribution in [0, 0.1) is 5.82 Å². The topological polar surface area (TPSA) is 49.8 Å². The van der Waals surface area contributed by atoms with Crippen LogP contribution in [0.5, 0.6) is 5.75 Å². The maximum Gasteiger partial charge on any atom is 0.223 e. The lowest BCUT2D eigenvalue weighted by atomic mass is 10.1. The maximum absolute atomic E-state index is 13.6. The molecule has 0 spiro atoms. The largest absolute Gasteiger partial charge is 0.486 e.